The molecular weight excluding hydrogens is 310 g/mol. The van der Waals surface area contributed by atoms with E-state index in [0.29, 0.717) is 0 Å². The number of hydrogen-bond acceptors (Lipinski definition) is 3. The molecule has 0 fully saturated rings. The second-order valence-corrected chi connectivity index (χ2v) is 6.08. The molecular formula is C18H24ClN3O. The van der Waals surface area contributed by atoms with Crippen molar-refractivity contribution < 1.29 is 0 Å². The number of fused-ring (bicyclic) bond motifs is 1. The van der Waals surface area contributed by atoms with Crippen molar-refractivity contribution in [2.45, 2.75) is 45.6 Å². The summed E-state index contributed by atoms with van der Waals surface area (Å²) in [6.45, 7) is 3.84. The molecule has 2 aromatic rings. The molecule has 0 unspecified atom stereocenters. The SMILES string of the molecule is Cc1ccc(CNCCc2n[nH]c(=O)c3c2CCCC3)cc1.Cl. The number of aryl methyl sites for hydroxylation is 1. The highest BCUT2D eigenvalue weighted by Gasteiger charge is 2.17. The van der Waals surface area contributed by atoms with Gasteiger partial charge in [-0.3, -0.25) is 4.79 Å². The van der Waals surface area contributed by atoms with Gasteiger partial charge in [0, 0.05) is 25.1 Å². The lowest BCUT2D eigenvalue weighted by Gasteiger charge is -2.17. The maximum atomic E-state index is 11.8. The number of aromatic nitrogens is 2. The lowest BCUT2D eigenvalue weighted by atomic mass is 9.91. The molecule has 0 radical (unpaired) electrons. The maximum absolute atomic E-state index is 11.8. The molecule has 4 nitrogen and oxygen atoms in total. The molecule has 0 atom stereocenters. The zero-order chi connectivity index (χ0) is 15.4. The van der Waals surface area contributed by atoms with Gasteiger partial charge in [-0.05, 0) is 43.7 Å². The zero-order valence-corrected chi connectivity index (χ0v) is 14.3. The lowest BCUT2D eigenvalue weighted by Crippen LogP contribution is -2.25. The number of nitrogens with zero attached hydrogens (tertiary/aromatic N) is 1. The summed E-state index contributed by atoms with van der Waals surface area (Å²) >= 11 is 0. The fourth-order valence-electron chi connectivity index (χ4n) is 3.08. The number of hydrogen-bond donors (Lipinski definition) is 2. The van der Waals surface area contributed by atoms with Crippen LogP contribution in [0.1, 0.15) is 40.8 Å². The van der Waals surface area contributed by atoms with Crippen molar-refractivity contribution in [3.63, 3.8) is 0 Å². The van der Waals surface area contributed by atoms with E-state index in [-0.39, 0.29) is 18.0 Å². The molecule has 23 heavy (non-hydrogen) atoms. The van der Waals surface area contributed by atoms with E-state index in [2.05, 4.69) is 46.7 Å². The van der Waals surface area contributed by atoms with Gasteiger partial charge in [0.05, 0.1) is 5.69 Å². The predicted octanol–water partition coefficient (Wildman–Crippen LogP) is 2.71. The lowest BCUT2D eigenvalue weighted by molar-refractivity contribution is 0.630. The third-order valence-corrected chi connectivity index (χ3v) is 4.37. The summed E-state index contributed by atoms with van der Waals surface area (Å²) in [6, 6.07) is 8.58. The van der Waals surface area contributed by atoms with E-state index in [4.69, 9.17) is 0 Å². The van der Waals surface area contributed by atoms with Gasteiger partial charge in [0.2, 0.25) is 0 Å². The van der Waals surface area contributed by atoms with Gasteiger partial charge in [0.25, 0.3) is 5.56 Å². The van der Waals surface area contributed by atoms with Gasteiger partial charge in [-0.2, -0.15) is 5.10 Å². The molecule has 0 aliphatic heterocycles. The first-order valence-corrected chi connectivity index (χ1v) is 8.09. The summed E-state index contributed by atoms with van der Waals surface area (Å²) in [4.78, 5) is 11.8. The van der Waals surface area contributed by atoms with Gasteiger partial charge in [-0.1, -0.05) is 29.8 Å². The Bertz CT molecular complexity index is 694. The maximum Gasteiger partial charge on any atom is 0.267 e. The van der Waals surface area contributed by atoms with Crippen LogP contribution in [0.3, 0.4) is 0 Å². The number of benzene rings is 1. The molecule has 1 aromatic heterocycles. The van der Waals surface area contributed by atoms with Crippen molar-refractivity contribution in [2.75, 3.05) is 6.54 Å². The summed E-state index contributed by atoms with van der Waals surface area (Å²) in [7, 11) is 0. The smallest absolute Gasteiger partial charge is 0.267 e. The standard InChI is InChI=1S/C18H23N3O.ClH/c1-13-6-8-14(9-7-13)12-19-11-10-17-15-4-2-3-5-16(15)18(22)21-20-17;/h6-9,19H,2-5,10-12H2,1H3,(H,21,22);1H. The van der Waals surface area contributed by atoms with E-state index < -0.39 is 0 Å². The number of nitrogens with one attached hydrogen (secondary N) is 2. The van der Waals surface area contributed by atoms with Crippen molar-refractivity contribution in [2.24, 2.45) is 0 Å². The third-order valence-electron chi connectivity index (χ3n) is 4.37. The summed E-state index contributed by atoms with van der Waals surface area (Å²) in [5.74, 6) is 0. The van der Waals surface area contributed by atoms with Crippen molar-refractivity contribution in [1.82, 2.24) is 15.5 Å². The van der Waals surface area contributed by atoms with E-state index >= 15 is 0 Å². The number of aromatic amines is 1. The molecule has 1 aliphatic rings. The average Bonchev–Trinajstić information content (AvgIpc) is 2.55. The third kappa shape index (κ3) is 4.43. The highest BCUT2D eigenvalue weighted by molar-refractivity contribution is 5.85. The van der Waals surface area contributed by atoms with Crippen LogP contribution >= 0.6 is 12.4 Å². The Hall–Kier alpha value is -1.65. The van der Waals surface area contributed by atoms with Crippen molar-refractivity contribution in [3.8, 4) is 0 Å². The molecule has 1 aliphatic carbocycles. The molecule has 0 spiro atoms. The normalized spacial score (nSPS) is 13.3. The molecule has 124 valence electrons. The average molecular weight is 334 g/mol. The molecule has 0 saturated heterocycles. The molecule has 0 bridgehead atoms. The summed E-state index contributed by atoms with van der Waals surface area (Å²) in [5, 5.41) is 10.4. The van der Waals surface area contributed by atoms with Gasteiger partial charge in [-0.15, -0.1) is 12.4 Å². The first-order chi connectivity index (χ1) is 10.7. The highest BCUT2D eigenvalue weighted by Crippen LogP contribution is 2.20. The number of halogens is 1. The number of H-pyrrole nitrogens is 1. The Kier molecular flexibility index (Phi) is 6.37. The summed E-state index contributed by atoms with van der Waals surface area (Å²) in [5.41, 5.74) is 5.81. The quantitative estimate of drug-likeness (QED) is 0.827. The topological polar surface area (TPSA) is 57.8 Å². The van der Waals surface area contributed by atoms with Crippen LogP contribution in [0.25, 0.3) is 0 Å². The molecule has 3 rings (SSSR count). The van der Waals surface area contributed by atoms with Crippen molar-refractivity contribution in [1.29, 1.82) is 0 Å². The van der Waals surface area contributed by atoms with Crippen LogP contribution in [-0.4, -0.2) is 16.7 Å². The second-order valence-electron chi connectivity index (χ2n) is 6.08. The van der Waals surface area contributed by atoms with E-state index in [1.54, 1.807) is 0 Å². The highest BCUT2D eigenvalue weighted by atomic mass is 35.5. The minimum Gasteiger partial charge on any atom is -0.312 e. The van der Waals surface area contributed by atoms with Gasteiger partial charge >= 0.3 is 0 Å². The van der Waals surface area contributed by atoms with E-state index in [0.717, 1.165) is 50.0 Å². The minimum absolute atomic E-state index is 0. The molecule has 2 N–H and O–H groups in total. The first-order valence-electron chi connectivity index (χ1n) is 8.09. The predicted molar refractivity (Wildman–Crippen MR) is 95.3 cm³/mol. The van der Waals surface area contributed by atoms with E-state index in [9.17, 15) is 4.79 Å². The van der Waals surface area contributed by atoms with Crippen molar-refractivity contribution >= 4 is 12.4 Å². The Balaban J connectivity index is 0.00000192. The van der Waals surface area contributed by atoms with Crippen LogP contribution in [-0.2, 0) is 25.8 Å². The van der Waals surface area contributed by atoms with Crippen LogP contribution in [0.15, 0.2) is 29.1 Å². The van der Waals surface area contributed by atoms with Gasteiger partial charge in [-0.25, -0.2) is 5.10 Å². The molecule has 5 heteroatoms. The van der Waals surface area contributed by atoms with E-state index in [1.807, 2.05) is 0 Å². The van der Waals surface area contributed by atoms with Gasteiger partial charge in [0.15, 0.2) is 0 Å². The van der Waals surface area contributed by atoms with Crippen LogP contribution in [0, 0.1) is 6.92 Å². The van der Waals surface area contributed by atoms with Crippen LogP contribution < -0.4 is 10.9 Å². The summed E-state index contributed by atoms with van der Waals surface area (Å²) < 4.78 is 0. The van der Waals surface area contributed by atoms with Crippen LogP contribution in [0.2, 0.25) is 0 Å². The van der Waals surface area contributed by atoms with Gasteiger partial charge < -0.3 is 5.32 Å². The largest absolute Gasteiger partial charge is 0.312 e. The Morgan fingerprint density at radius 3 is 2.57 bits per heavy atom. The Morgan fingerprint density at radius 1 is 1.13 bits per heavy atom. The minimum atomic E-state index is 0. The first kappa shape index (κ1) is 17.7. The fourth-order valence-corrected chi connectivity index (χ4v) is 3.08. The van der Waals surface area contributed by atoms with Crippen LogP contribution in [0.5, 0.6) is 0 Å². The molecule has 1 aromatic carbocycles. The van der Waals surface area contributed by atoms with E-state index in [1.165, 1.54) is 23.1 Å². The molecule has 1 heterocycles. The number of rotatable bonds is 5. The van der Waals surface area contributed by atoms with Gasteiger partial charge in [0.1, 0.15) is 0 Å². The fraction of sp³-hybridized carbons (Fsp3) is 0.444. The van der Waals surface area contributed by atoms with Crippen LogP contribution in [0.4, 0.5) is 0 Å². The molecule has 0 amide bonds. The Morgan fingerprint density at radius 2 is 1.83 bits per heavy atom. The van der Waals surface area contributed by atoms with Crippen molar-refractivity contribution in [3.05, 3.63) is 62.6 Å². The second kappa shape index (κ2) is 8.27. The zero-order valence-electron chi connectivity index (χ0n) is 13.5. The molecule has 0 saturated carbocycles. The monoisotopic (exact) mass is 333 g/mol. The summed E-state index contributed by atoms with van der Waals surface area (Å²) in [6.07, 6.45) is 5.05. The Labute approximate surface area is 143 Å².